The molecule has 2 aliphatic rings. The van der Waals surface area contributed by atoms with Crippen LogP contribution in [0.5, 0.6) is 0 Å². The highest BCUT2D eigenvalue weighted by Gasteiger charge is 2.28. The lowest BCUT2D eigenvalue weighted by molar-refractivity contribution is -0.133. The molecule has 7 nitrogen and oxygen atoms in total. The van der Waals surface area contributed by atoms with E-state index in [9.17, 15) is 14.4 Å². The molecule has 0 unspecified atom stereocenters. The summed E-state index contributed by atoms with van der Waals surface area (Å²) in [7, 11) is 0. The number of hydrogen-bond donors (Lipinski definition) is 1. The monoisotopic (exact) mass is 348 g/mol. The van der Waals surface area contributed by atoms with Crippen LogP contribution in [0.1, 0.15) is 59.6 Å². The standard InChI is InChI=1S/C18H24N2O5/c21-16(12-13-4-2-1-3-5-13)19-8-10-20(11-9-19)17(22)14-6-7-15(25-14)18(23)24/h6-7,13H,1-5,8-12H2,(H,23,24). The van der Waals surface area contributed by atoms with Gasteiger partial charge in [0.1, 0.15) is 0 Å². The summed E-state index contributed by atoms with van der Waals surface area (Å²) in [4.78, 5) is 39.1. The maximum absolute atomic E-state index is 12.4. The highest BCUT2D eigenvalue weighted by atomic mass is 16.4. The van der Waals surface area contributed by atoms with Crippen LogP contribution in [0.25, 0.3) is 0 Å². The lowest BCUT2D eigenvalue weighted by Crippen LogP contribution is -2.50. The molecule has 0 bridgehead atoms. The van der Waals surface area contributed by atoms with Crippen molar-refractivity contribution in [1.82, 2.24) is 9.80 Å². The number of nitrogens with zero attached hydrogens (tertiary/aromatic N) is 2. The van der Waals surface area contributed by atoms with Crippen LogP contribution in [0.4, 0.5) is 0 Å². The van der Waals surface area contributed by atoms with E-state index in [2.05, 4.69) is 0 Å². The third-order valence-corrected chi connectivity index (χ3v) is 5.14. The number of furan rings is 1. The fourth-order valence-corrected chi connectivity index (χ4v) is 3.65. The second kappa shape index (κ2) is 7.72. The molecule has 25 heavy (non-hydrogen) atoms. The van der Waals surface area contributed by atoms with Gasteiger partial charge in [-0.3, -0.25) is 9.59 Å². The van der Waals surface area contributed by atoms with E-state index in [1.54, 1.807) is 4.90 Å². The topological polar surface area (TPSA) is 91.1 Å². The molecule has 136 valence electrons. The van der Waals surface area contributed by atoms with Gasteiger partial charge in [-0.15, -0.1) is 0 Å². The van der Waals surface area contributed by atoms with Crippen LogP contribution in [0.15, 0.2) is 16.5 Å². The van der Waals surface area contributed by atoms with Gasteiger partial charge in [0.15, 0.2) is 5.76 Å². The van der Waals surface area contributed by atoms with Crippen LogP contribution < -0.4 is 0 Å². The minimum Gasteiger partial charge on any atom is -0.475 e. The molecular formula is C18H24N2O5. The minimum atomic E-state index is -1.20. The van der Waals surface area contributed by atoms with E-state index < -0.39 is 5.97 Å². The number of amides is 2. The molecule has 1 aliphatic carbocycles. The Bertz CT molecular complexity index is 640. The van der Waals surface area contributed by atoms with Crippen molar-refractivity contribution in [1.29, 1.82) is 0 Å². The first-order chi connectivity index (χ1) is 12.0. The number of carbonyl (C=O) groups is 3. The zero-order chi connectivity index (χ0) is 17.8. The van der Waals surface area contributed by atoms with Gasteiger partial charge in [-0.25, -0.2) is 4.79 Å². The molecule has 7 heteroatoms. The van der Waals surface area contributed by atoms with Crippen LogP contribution in [0.2, 0.25) is 0 Å². The van der Waals surface area contributed by atoms with E-state index >= 15 is 0 Å². The molecule has 2 heterocycles. The number of piperazine rings is 1. The number of carboxylic acids is 1. The highest BCUT2D eigenvalue weighted by Crippen LogP contribution is 2.27. The maximum atomic E-state index is 12.4. The van der Waals surface area contributed by atoms with Gasteiger partial charge in [0.05, 0.1) is 0 Å². The smallest absolute Gasteiger partial charge is 0.371 e. The van der Waals surface area contributed by atoms with Gasteiger partial charge in [0, 0.05) is 32.6 Å². The number of carboxylic acid groups (broad SMARTS) is 1. The molecule has 1 saturated carbocycles. The molecule has 1 aliphatic heterocycles. The van der Waals surface area contributed by atoms with Gasteiger partial charge < -0.3 is 19.3 Å². The number of hydrogen-bond acceptors (Lipinski definition) is 4. The third kappa shape index (κ3) is 4.21. The first-order valence-electron chi connectivity index (χ1n) is 8.95. The van der Waals surface area contributed by atoms with Crippen molar-refractivity contribution in [2.45, 2.75) is 38.5 Å². The van der Waals surface area contributed by atoms with E-state index in [1.807, 2.05) is 4.90 Å². The van der Waals surface area contributed by atoms with E-state index in [0.29, 0.717) is 38.5 Å². The average molecular weight is 348 g/mol. The molecule has 3 rings (SSSR count). The predicted octanol–water partition coefficient (Wildman–Crippen LogP) is 2.23. The largest absolute Gasteiger partial charge is 0.475 e. The second-order valence-corrected chi connectivity index (χ2v) is 6.85. The Morgan fingerprint density at radius 2 is 1.56 bits per heavy atom. The summed E-state index contributed by atoms with van der Waals surface area (Å²) in [5.74, 6) is -1.04. The van der Waals surface area contributed by atoms with Crippen LogP contribution in [-0.4, -0.2) is 58.9 Å². The number of aromatic carboxylic acids is 1. The molecule has 1 aromatic rings. The molecule has 0 atom stereocenters. The fraction of sp³-hybridized carbons (Fsp3) is 0.611. The summed E-state index contributed by atoms with van der Waals surface area (Å²) >= 11 is 0. The average Bonchev–Trinajstić information content (AvgIpc) is 3.12. The highest BCUT2D eigenvalue weighted by molar-refractivity contribution is 5.93. The van der Waals surface area contributed by atoms with Crippen LogP contribution >= 0.6 is 0 Å². The van der Waals surface area contributed by atoms with Crippen molar-refractivity contribution in [3.8, 4) is 0 Å². The Kier molecular flexibility index (Phi) is 5.40. The first kappa shape index (κ1) is 17.5. The summed E-state index contributed by atoms with van der Waals surface area (Å²) in [5.41, 5.74) is 0. The van der Waals surface area contributed by atoms with Gasteiger partial charge in [-0.2, -0.15) is 0 Å². The molecule has 2 fully saturated rings. The van der Waals surface area contributed by atoms with Gasteiger partial charge in [-0.05, 0) is 30.9 Å². The Hall–Kier alpha value is -2.31. The molecule has 2 amide bonds. The van der Waals surface area contributed by atoms with Crippen molar-refractivity contribution in [3.63, 3.8) is 0 Å². The molecule has 1 N–H and O–H groups in total. The lowest BCUT2D eigenvalue weighted by atomic mass is 9.86. The van der Waals surface area contributed by atoms with Gasteiger partial charge >= 0.3 is 5.97 Å². The van der Waals surface area contributed by atoms with Gasteiger partial charge in [-0.1, -0.05) is 19.3 Å². The SMILES string of the molecule is O=C(O)c1ccc(C(=O)N2CCN(C(=O)CC3CCCCC3)CC2)o1. The Balaban J connectivity index is 1.49. The summed E-state index contributed by atoms with van der Waals surface area (Å²) in [5, 5.41) is 8.86. The minimum absolute atomic E-state index is 0.0272. The molecular weight excluding hydrogens is 324 g/mol. The van der Waals surface area contributed by atoms with E-state index in [-0.39, 0.29) is 23.3 Å². The van der Waals surface area contributed by atoms with Crippen molar-refractivity contribution in [2.24, 2.45) is 5.92 Å². The Morgan fingerprint density at radius 1 is 0.960 bits per heavy atom. The lowest BCUT2D eigenvalue weighted by Gasteiger charge is -2.35. The number of carbonyl (C=O) groups excluding carboxylic acids is 2. The van der Waals surface area contributed by atoms with Crippen molar-refractivity contribution >= 4 is 17.8 Å². The fourth-order valence-electron chi connectivity index (χ4n) is 3.65. The normalized spacial score (nSPS) is 19.0. The number of rotatable bonds is 4. The summed E-state index contributed by atoms with van der Waals surface area (Å²) in [6.45, 7) is 1.92. The summed E-state index contributed by atoms with van der Waals surface area (Å²) in [6, 6.07) is 2.66. The molecule has 0 radical (unpaired) electrons. The van der Waals surface area contributed by atoms with Gasteiger partial charge in [0.25, 0.3) is 5.91 Å². The zero-order valence-corrected chi connectivity index (χ0v) is 14.3. The maximum Gasteiger partial charge on any atom is 0.371 e. The second-order valence-electron chi connectivity index (χ2n) is 6.85. The van der Waals surface area contributed by atoms with Crippen LogP contribution in [-0.2, 0) is 4.79 Å². The Labute approximate surface area is 146 Å². The van der Waals surface area contributed by atoms with Crippen LogP contribution in [0.3, 0.4) is 0 Å². The zero-order valence-electron chi connectivity index (χ0n) is 14.3. The molecule has 1 aromatic heterocycles. The predicted molar refractivity (Wildman–Crippen MR) is 89.3 cm³/mol. The van der Waals surface area contributed by atoms with Crippen molar-refractivity contribution in [3.05, 3.63) is 23.7 Å². The molecule has 0 spiro atoms. The van der Waals surface area contributed by atoms with Crippen LogP contribution in [0, 0.1) is 5.92 Å². The van der Waals surface area contributed by atoms with E-state index in [1.165, 1.54) is 31.4 Å². The summed E-state index contributed by atoms with van der Waals surface area (Å²) in [6.07, 6.45) is 6.64. The van der Waals surface area contributed by atoms with Gasteiger partial charge in [0.2, 0.25) is 11.7 Å². The van der Waals surface area contributed by atoms with E-state index in [4.69, 9.17) is 9.52 Å². The Morgan fingerprint density at radius 3 is 2.16 bits per heavy atom. The first-order valence-corrected chi connectivity index (χ1v) is 8.95. The third-order valence-electron chi connectivity index (χ3n) is 5.14. The van der Waals surface area contributed by atoms with E-state index in [0.717, 1.165) is 12.8 Å². The van der Waals surface area contributed by atoms with Crippen molar-refractivity contribution < 1.29 is 23.9 Å². The molecule has 0 aromatic carbocycles. The van der Waals surface area contributed by atoms with Crippen molar-refractivity contribution in [2.75, 3.05) is 26.2 Å². The quantitative estimate of drug-likeness (QED) is 0.901. The summed E-state index contributed by atoms with van der Waals surface area (Å²) < 4.78 is 5.06. The molecule has 1 saturated heterocycles.